The Balaban J connectivity index is 2.47. The van der Waals surface area contributed by atoms with Crippen LogP contribution in [-0.4, -0.2) is 21.9 Å². The third-order valence-electron chi connectivity index (χ3n) is 3.05. The van der Waals surface area contributed by atoms with E-state index < -0.39 is 0 Å². The molecule has 0 atom stereocenters. The summed E-state index contributed by atoms with van der Waals surface area (Å²) in [6, 6.07) is 9.69. The minimum atomic E-state index is 0.281. The predicted molar refractivity (Wildman–Crippen MR) is 93.9 cm³/mol. The van der Waals surface area contributed by atoms with E-state index in [9.17, 15) is 4.79 Å². The Morgan fingerprint density at radius 2 is 1.55 bits per heavy atom. The molecular weight excluding hydrogens is 284 g/mol. The summed E-state index contributed by atoms with van der Waals surface area (Å²) in [7, 11) is 0. The SMILES string of the molecule is CCCCSC(CC(=O)c1ccccc1)SCCCC. The molecule has 1 nitrogen and oxygen atoms in total. The van der Waals surface area contributed by atoms with Crippen LogP contribution in [0.5, 0.6) is 0 Å². The number of carbonyl (C=O) groups excluding carboxylic acids is 1. The van der Waals surface area contributed by atoms with Crippen molar-refractivity contribution in [3.05, 3.63) is 35.9 Å². The van der Waals surface area contributed by atoms with E-state index in [-0.39, 0.29) is 5.78 Å². The number of rotatable bonds is 11. The lowest BCUT2D eigenvalue weighted by atomic mass is 10.1. The lowest BCUT2D eigenvalue weighted by molar-refractivity contribution is 0.0987. The molecule has 0 aliphatic heterocycles. The van der Waals surface area contributed by atoms with E-state index in [1.807, 2.05) is 53.9 Å². The number of benzene rings is 1. The third kappa shape index (κ3) is 7.39. The Bertz CT molecular complexity index is 355. The molecule has 1 rings (SSSR count). The number of ketones is 1. The molecule has 20 heavy (non-hydrogen) atoms. The first-order valence-electron chi connectivity index (χ1n) is 7.59. The van der Waals surface area contributed by atoms with E-state index in [0.717, 1.165) is 5.56 Å². The molecule has 0 unspecified atom stereocenters. The highest BCUT2D eigenvalue weighted by atomic mass is 32.2. The van der Waals surface area contributed by atoms with Crippen LogP contribution in [0, 0.1) is 0 Å². The van der Waals surface area contributed by atoms with Crippen LogP contribution in [0.25, 0.3) is 0 Å². The van der Waals surface area contributed by atoms with Gasteiger partial charge in [0, 0.05) is 12.0 Å². The van der Waals surface area contributed by atoms with E-state index in [1.165, 1.54) is 37.2 Å². The number of hydrogen-bond acceptors (Lipinski definition) is 3. The molecule has 0 aliphatic carbocycles. The highest BCUT2D eigenvalue weighted by molar-refractivity contribution is 8.17. The number of Topliss-reactive ketones (excluding diaryl/α,β-unsaturated/α-hetero) is 1. The van der Waals surface area contributed by atoms with Crippen LogP contribution in [0.2, 0.25) is 0 Å². The van der Waals surface area contributed by atoms with Crippen molar-refractivity contribution in [2.45, 2.75) is 50.5 Å². The Labute approximate surface area is 132 Å². The van der Waals surface area contributed by atoms with Crippen molar-refractivity contribution in [1.29, 1.82) is 0 Å². The highest BCUT2D eigenvalue weighted by Gasteiger charge is 2.15. The van der Waals surface area contributed by atoms with Crippen molar-refractivity contribution in [1.82, 2.24) is 0 Å². The van der Waals surface area contributed by atoms with Crippen molar-refractivity contribution in [2.75, 3.05) is 11.5 Å². The van der Waals surface area contributed by atoms with E-state index in [2.05, 4.69) is 13.8 Å². The first-order chi connectivity index (χ1) is 9.77. The normalized spacial score (nSPS) is 10.9. The van der Waals surface area contributed by atoms with Gasteiger partial charge in [0.05, 0.1) is 4.58 Å². The van der Waals surface area contributed by atoms with Gasteiger partial charge in [0.2, 0.25) is 0 Å². The van der Waals surface area contributed by atoms with Crippen molar-refractivity contribution in [3.63, 3.8) is 0 Å². The summed E-state index contributed by atoms with van der Waals surface area (Å²) in [5.41, 5.74) is 0.852. The number of unbranched alkanes of at least 4 members (excludes halogenated alkanes) is 2. The highest BCUT2D eigenvalue weighted by Crippen LogP contribution is 2.29. The monoisotopic (exact) mass is 310 g/mol. The second-order valence-corrected chi connectivity index (χ2v) is 7.79. The predicted octanol–water partition coefficient (Wildman–Crippen LogP) is 5.65. The Hall–Kier alpha value is -0.410. The molecule has 0 aliphatic rings. The molecule has 0 saturated heterocycles. The minimum absolute atomic E-state index is 0.281. The molecule has 0 spiro atoms. The first kappa shape index (κ1) is 17.6. The molecule has 0 amide bonds. The topological polar surface area (TPSA) is 17.1 Å². The van der Waals surface area contributed by atoms with Gasteiger partial charge in [0.15, 0.2) is 5.78 Å². The molecule has 0 saturated carbocycles. The van der Waals surface area contributed by atoms with Gasteiger partial charge in [-0.25, -0.2) is 0 Å². The zero-order chi connectivity index (χ0) is 14.6. The summed E-state index contributed by atoms with van der Waals surface area (Å²) in [4.78, 5) is 12.3. The van der Waals surface area contributed by atoms with Crippen molar-refractivity contribution >= 4 is 29.3 Å². The van der Waals surface area contributed by atoms with Gasteiger partial charge in [0.25, 0.3) is 0 Å². The van der Waals surface area contributed by atoms with Crippen molar-refractivity contribution in [2.24, 2.45) is 0 Å². The van der Waals surface area contributed by atoms with Crippen LogP contribution >= 0.6 is 23.5 Å². The number of hydrogen-bond donors (Lipinski definition) is 0. The Morgan fingerprint density at radius 3 is 2.05 bits per heavy atom. The van der Waals surface area contributed by atoms with Gasteiger partial charge in [-0.2, -0.15) is 0 Å². The van der Waals surface area contributed by atoms with E-state index >= 15 is 0 Å². The summed E-state index contributed by atoms with van der Waals surface area (Å²) in [5, 5.41) is 0. The average Bonchev–Trinajstić information content (AvgIpc) is 2.48. The van der Waals surface area contributed by atoms with Crippen LogP contribution in [0.3, 0.4) is 0 Å². The fourth-order valence-corrected chi connectivity index (χ4v) is 4.71. The quantitative estimate of drug-likeness (QED) is 0.298. The largest absolute Gasteiger partial charge is 0.294 e. The van der Waals surface area contributed by atoms with Gasteiger partial charge in [-0.05, 0) is 24.3 Å². The fourth-order valence-electron chi connectivity index (χ4n) is 1.78. The zero-order valence-corrected chi connectivity index (χ0v) is 14.3. The third-order valence-corrected chi connectivity index (χ3v) is 5.99. The summed E-state index contributed by atoms with van der Waals surface area (Å²) >= 11 is 3.92. The molecule has 1 aromatic rings. The van der Waals surface area contributed by atoms with E-state index in [4.69, 9.17) is 0 Å². The van der Waals surface area contributed by atoms with Gasteiger partial charge in [-0.1, -0.05) is 57.0 Å². The number of carbonyl (C=O) groups is 1. The lowest BCUT2D eigenvalue weighted by Crippen LogP contribution is -2.09. The molecule has 0 bridgehead atoms. The maximum atomic E-state index is 12.3. The van der Waals surface area contributed by atoms with Gasteiger partial charge >= 0.3 is 0 Å². The maximum absolute atomic E-state index is 12.3. The first-order valence-corrected chi connectivity index (χ1v) is 9.69. The van der Waals surface area contributed by atoms with Crippen LogP contribution in [0.15, 0.2) is 30.3 Å². The smallest absolute Gasteiger partial charge is 0.164 e. The molecule has 112 valence electrons. The van der Waals surface area contributed by atoms with Crippen LogP contribution in [0.4, 0.5) is 0 Å². The lowest BCUT2D eigenvalue weighted by Gasteiger charge is -2.15. The van der Waals surface area contributed by atoms with Crippen LogP contribution in [-0.2, 0) is 0 Å². The molecule has 3 heteroatoms. The molecule has 0 radical (unpaired) electrons. The second-order valence-electron chi connectivity index (χ2n) is 4.87. The maximum Gasteiger partial charge on any atom is 0.164 e. The summed E-state index contributed by atoms with van der Waals surface area (Å²) < 4.78 is 0.417. The standard InChI is InChI=1S/C17H26OS2/c1-3-5-12-19-17(20-13-6-4-2)14-16(18)15-10-8-7-9-11-15/h7-11,17H,3-6,12-14H2,1-2H3. The Morgan fingerprint density at radius 1 is 1.00 bits per heavy atom. The van der Waals surface area contributed by atoms with Crippen molar-refractivity contribution in [3.8, 4) is 0 Å². The molecule has 0 aromatic heterocycles. The summed E-state index contributed by atoms with van der Waals surface area (Å²) in [5.74, 6) is 2.62. The molecular formula is C17H26OS2. The van der Waals surface area contributed by atoms with Gasteiger partial charge in [-0.15, -0.1) is 23.5 Å². The van der Waals surface area contributed by atoms with Crippen LogP contribution in [0.1, 0.15) is 56.3 Å². The molecule has 0 fully saturated rings. The van der Waals surface area contributed by atoms with Crippen LogP contribution < -0.4 is 0 Å². The average molecular weight is 311 g/mol. The Kier molecular flexibility index (Phi) is 9.94. The summed E-state index contributed by atoms with van der Waals surface area (Å²) in [6.07, 6.45) is 5.61. The minimum Gasteiger partial charge on any atom is -0.294 e. The molecule has 0 N–H and O–H groups in total. The zero-order valence-electron chi connectivity index (χ0n) is 12.6. The van der Waals surface area contributed by atoms with Crippen molar-refractivity contribution < 1.29 is 4.79 Å². The fraction of sp³-hybridized carbons (Fsp3) is 0.588. The molecule has 0 heterocycles. The van der Waals surface area contributed by atoms with Gasteiger partial charge in [-0.3, -0.25) is 4.79 Å². The summed E-state index contributed by atoms with van der Waals surface area (Å²) in [6.45, 7) is 4.43. The second kappa shape index (κ2) is 11.3. The van der Waals surface area contributed by atoms with Gasteiger partial charge in [0.1, 0.15) is 0 Å². The van der Waals surface area contributed by atoms with Gasteiger partial charge < -0.3 is 0 Å². The molecule has 1 aromatic carbocycles. The van der Waals surface area contributed by atoms with E-state index in [1.54, 1.807) is 0 Å². The van der Waals surface area contributed by atoms with E-state index in [0.29, 0.717) is 11.0 Å². The number of thioether (sulfide) groups is 2.